The normalized spacial score (nSPS) is 11.0. The summed E-state index contributed by atoms with van der Waals surface area (Å²) in [6.45, 7) is 7.06. The SMILES string of the molecule is CCCn1c(SCC(=O)Nc2scc(-c3ccccc3)c2C(=O)OC)nnc1C(C)C. The molecule has 7 nitrogen and oxygen atoms in total. The van der Waals surface area contributed by atoms with E-state index in [0.29, 0.717) is 10.6 Å². The van der Waals surface area contributed by atoms with Crippen molar-refractivity contribution >= 4 is 40.0 Å². The number of hydrogen-bond acceptors (Lipinski definition) is 7. The van der Waals surface area contributed by atoms with Crippen LogP contribution in [-0.2, 0) is 16.1 Å². The van der Waals surface area contributed by atoms with Crippen LogP contribution in [0, 0.1) is 0 Å². The molecule has 0 fully saturated rings. The van der Waals surface area contributed by atoms with Gasteiger partial charge in [-0.1, -0.05) is 62.9 Å². The molecule has 1 N–H and O–H groups in total. The lowest BCUT2D eigenvalue weighted by Crippen LogP contribution is -2.16. The van der Waals surface area contributed by atoms with Gasteiger partial charge in [-0.05, 0) is 12.0 Å². The lowest BCUT2D eigenvalue weighted by atomic mass is 10.0. The van der Waals surface area contributed by atoms with Crippen molar-refractivity contribution in [1.29, 1.82) is 0 Å². The van der Waals surface area contributed by atoms with E-state index in [1.54, 1.807) is 0 Å². The van der Waals surface area contributed by atoms with E-state index < -0.39 is 5.97 Å². The Morgan fingerprint density at radius 1 is 1.23 bits per heavy atom. The maximum atomic E-state index is 12.7. The van der Waals surface area contributed by atoms with Crippen LogP contribution in [0.1, 0.15) is 49.3 Å². The van der Waals surface area contributed by atoms with E-state index in [2.05, 4.69) is 40.9 Å². The highest BCUT2D eigenvalue weighted by molar-refractivity contribution is 7.99. The molecule has 0 spiro atoms. The number of amides is 1. The highest BCUT2D eigenvalue weighted by Crippen LogP contribution is 2.36. The smallest absolute Gasteiger partial charge is 0.341 e. The fourth-order valence-corrected chi connectivity index (χ4v) is 4.89. The first kappa shape index (κ1) is 23.0. The van der Waals surface area contributed by atoms with Crippen LogP contribution in [0.25, 0.3) is 11.1 Å². The molecule has 3 aromatic rings. The zero-order chi connectivity index (χ0) is 22.4. The van der Waals surface area contributed by atoms with Crippen molar-refractivity contribution in [2.24, 2.45) is 0 Å². The molecule has 3 rings (SSSR count). The topological polar surface area (TPSA) is 86.1 Å². The van der Waals surface area contributed by atoms with Crippen molar-refractivity contribution in [3.8, 4) is 11.1 Å². The molecule has 2 aromatic heterocycles. The van der Waals surface area contributed by atoms with Gasteiger partial charge < -0.3 is 14.6 Å². The van der Waals surface area contributed by atoms with Crippen LogP contribution < -0.4 is 5.32 Å². The number of thiophene rings is 1. The Labute approximate surface area is 190 Å². The number of anilines is 1. The summed E-state index contributed by atoms with van der Waals surface area (Å²) in [7, 11) is 1.34. The summed E-state index contributed by atoms with van der Waals surface area (Å²) in [6, 6.07) is 9.56. The van der Waals surface area contributed by atoms with Crippen LogP contribution in [0.2, 0.25) is 0 Å². The van der Waals surface area contributed by atoms with Gasteiger partial charge in [-0.3, -0.25) is 4.79 Å². The molecule has 0 saturated carbocycles. The first-order valence-corrected chi connectivity index (χ1v) is 11.9. The monoisotopic (exact) mass is 458 g/mol. The third kappa shape index (κ3) is 5.34. The van der Waals surface area contributed by atoms with Crippen molar-refractivity contribution in [2.75, 3.05) is 18.2 Å². The predicted molar refractivity (Wildman–Crippen MR) is 125 cm³/mol. The van der Waals surface area contributed by atoms with Crippen LogP contribution in [0.3, 0.4) is 0 Å². The van der Waals surface area contributed by atoms with Gasteiger partial charge in [0.05, 0.1) is 12.9 Å². The number of esters is 1. The molecule has 0 unspecified atom stereocenters. The molecule has 2 heterocycles. The van der Waals surface area contributed by atoms with E-state index in [1.165, 1.54) is 30.2 Å². The van der Waals surface area contributed by atoms with E-state index in [0.717, 1.165) is 35.1 Å². The minimum atomic E-state index is -0.479. The van der Waals surface area contributed by atoms with Crippen molar-refractivity contribution in [3.63, 3.8) is 0 Å². The van der Waals surface area contributed by atoms with E-state index in [9.17, 15) is 9.59 Å². The second-order valence-electron chi connectivity index (χ2n) is 7.20. The number of hydrogen-bond donors (Lipinski definition) is 1. The Bertz CT molecular complexity index is 1040. The number of nitrogens with one attached hydrogen (secondary N) is 1. The number of carbonyl (C=O) groups excluding carboxylic acids is 2. The molecule has 31 heavy (non-hydrogen) atoms. The number of ether oxygens (including phenoxy) is 1. The summed E-state index contributed by atoms with van der Waals surface area (Å²) in [5, 5.41) is 14.5. The Kier molecular flexibility index (Phi) is 7.86. The molecule has 0 aliphatic carbocycles. The van der Waals surface area contributed by atoms with Gasteiger partial charge in [-0.2, -0.15) is 0 Å². The number of rotatable bonds is 9. The molecule has 164 valence electrons. The minimum absolute atomic E-state index is 0.166. The summed E-state index contributed by atoms with van der Waals surface area (Å²) in [5.41, 5.74) is 2.00. The summed E-state index contributed by atoms with van der Waals surface area (Å²) >= 11 is 2.65. The first-order valence-electron chi connectivity index (χ1n) is 10.1. The highest BCUT2D eigenvalue weighted by Gasteiger charge is 2.23. The number of carbonyl (C=O) groups is 2. The number of nitrogens with zero attached hydrogens (tertiary/aromatic N) is 3. The van der Waals surface area contributed by atoms with Gasteiger partial charge in [0.25, 0.3) is 0 Å². The average Bonchev–Trinajstić information content (AvgIpc) is 3.37. The van der Waals surface area contributed by atoms with Crippen molar-refractivity contribution in [2.45, 2.75) is 44.8 Å². The molecule has 0 atom stereocenters. The summed E-state index contributed by atoms with van der Waals surface area (Å²) in [5.74, 6) is 0.649. The van der Waals surface area contributed by atoms with Crippen molar-refractivity contribution < 1.29 is 14.3 Å². The molecule has 0 aliphatic rings. The fourth-order valence-electron chi connectivity index (χ4n) is 3.15. The maximum absolute atomic E-state index is 12.7. The lowest BCUT2D eigenvalue weighted by Gasteiger charge is -2.11. The van der Waals surface area contributed by atoms with Crippen molar-refractivity contribution in [3.05, 3.63) is 47.1 Å². The summed E-state index contributed by atoms with van der Waals surface area (Å²) in [6.07, 6.45) is 0.956. The summed E-state index contributed by atoms with van der Waals surface area (Å²) < 4.78 is 7.04. The Balaban J connectivity index is 1.76. The van der Waals surface area contributed by atoms with E-state index >= 15 is 0 Å². The molecule has 0 aliphatic heterocycles. The first-order chi connectivity index (χ1) is 15.0. The van der Waals surface area contributed by atoms with Crippen LogP contribution in [0.4, 0.5) is 5.00 Å². The fraction of sp³-hybridized carbons (Fsp3) is 0.364. The Morgan fingerprint density at radius 3 is 2.61 bits per heavy atom. The van der Waals surface area contributed by atoms with Crippen LogP contribution >= 0.6 is 23.1 Å². The third-order valence-corrected chi connectivity index (χ3v) is 6.42. The largest absolute Gasteiger partial charge is 0.465 e. The number of methoxy groups -OCH3 is 1. The number of thioether (sulfide) groups is 1. The molecular formula is C22H26N4O3S2. The molecule has 0 bridgehead atoms. The van der Waals surface area contributed by atoms with Crippen LogP contribution in [-0.4, -0.2) is 39.5 Å². The van der Waals surface area contributed by atoms with E-state index in [-0.39, 0.29) is 17.6 Å². The van der Waals surface area contributed by atoms with Crippen LogP contribution in [0.5, 0.6) is 0 Å². The molecule has 9 heteroatoms. The van der Waals surface area contributed by atoms with Crippen LogP contribution in [0.15, 0.2) is 40.9 Å². The minimum Gasteiger partial charge on any atom is -0.465 e. The molecular weight excluding hydrogens is 432 g/mol. The second kappa shape index (κ2) is 10.6. The zero-order valence-electron chi connectivity index (χ0n) is 18.0. The molecule has 0 radical (unpaired) electrons. The quantitative estimate of drug-likeness (QED) is 0.356. The standard InChI is InChI=1S/C22H26N4O3S2/c1-5-11-26-19(14(2)3)24-25-22(26)31-13-17(27)23-20-18(21(28)29-4)16(12-30-20)15-9-7-6-8-10-15/h6-10,12,14H,5,11,13H2,1-4H3,(H,23,27). The third-order valence-electron chi connectivity index (χ3n) is 4.56. The zero-order valence-corrected chi connectivity index (χ0v) is 19.7. The van der Waals surface area contributed by atoms with E-state index in [4.69, 9.17) is 4.74 Å². The van der Waals surface area contributed by atoms with Gasteiger partial charge in [0.15, 0.2) is 5.16 Å². The number of benzene rings is 1. The van der Waals surface area contributed by atoms with Crippen molar-refractivity contribution in [1.82, 2.24) is 14.8 Å². The average molecular weight is 459 g/mol. The van der Waals surface area contributed by atoms with E-state index in [1.807, 2.05) is 35.7 Å². The lowest BCUT2D eigenvalue weighted by molar-refractivity contribution is -0.113. The van der Waals surface area contributed by atoms with Gasteiger partial charge in [0.2, 0.25) is 5.91 Å². The van der Waals surface area contributed by atoms with Gasteiger partial charge in [-0.25, -0.2) is 4.79 Å². The summed E-state index contributed by atoms with van der Waals surface area (Å²) in [4.78, 5) is 25.1. The second-order valence-corrected chi connectivity index (χ2v) is 9.02. The Morgan fingerprint density at radius 2 is 1.97 bits per heavy atom. The molecule has 1 amide bonds. The highest BCUT2D eigenvalue weighted by atomic mass is 32.2. The van der Waals surface area contributed by atoms with Gasteiger partial charge in [0, 0.05) is 23.4 Å². The maximum Gasteiger partial charge on any atom is 0.341 e. The van der Waals surface area contributed by atoms with Gasteiger partial charge in [0.1, 0.15) is 16.4 Å². The molecule has 1 aromatic carbocycles. The van der Waals surface area contributed by atoms with Gasteiger partial charge >= 0.3 is 5.97 Å². The molecule has 0 saturated heterocycles. The Hall–Kier alpha value is -2.65. The predicted octanol–water partition coefficient (Wildman–Crippen LogP) is 5.06. The number of aromatic nitrogens is 3. The van der Waals surface area contributed by atoms with Gasteiger partial charge in [-0.15, -0.1) is 21.5 Å².